The van der Waals surface area contributed by atoms with Crippen LogP contribution in [-0.2, 0) is 13.7 Å². The molecule has 0 radical (unpaired) electrons. The van der Waals surface area contributed by atoms with Gasteiger partial charge in [0.25, 0.3) is 0 Å². The fourth-order valence-electron chi connectivity index (χ4n) is 3.60. The first kappa shape index (κ1) is 19.6. The van der Waals surface area contributed by atoms with E-state index in [-0.39, 0.29) is 5.69 Å². The van der Waals surface area contributed by atoms with Crippen molar-refractivity contribution in [1.82, 2.24) is 19.8 Å². The Kier molecular flexibility index (Phi) is 5.23. The van der Waals surface area contributed by atoms with Gasteiger partial charge in [-0.25, -0.2) is 4.79 Å². The first-order valence-electron chi connectivity index (χ1n) is 9.83. The number of hydrogen-bond donors (Lipinski definition) is 0. The van der Waals surface area contributed by atoms with E-state index < -0.39 is 0 Å². The van der Waals surface area contributed by atoms with Crippen LogP contribution in [0.4, 0.5) is 0 Å². The molecule has 0 bridgehead atoms. The average Bonchev–Trinajstić information content (AvgIpc) is 3.06. The third-order valence-corrected chi connectivity index (χ3v) is 5.35. The standard InChI is InChI=1S/C24H24N4O2/c1-16-8-5-6-10-20(16)21-13-12-19(14-18(21)3)30-15-22-17(2)9-7-11-23(22)28-24(29)27(4)25-26-28/h5-14H,15H2,1-4H3. The van der Waals surface area contributed by atoms with Crippen molar-refractivity contribution in [1.29, 1.82) is 0 Å². The minimum atomic E-state index is -0.291. The van der Waals surface area contributed by atoms with E-state index in [1.807, 2.05) is 43.3 Å². The first-order chi connectivity index (χ1) is 14.5. The van der Waals surface area contributed by atoms with E-state index in [0.29, 0.717) is 12.3 Å². The third kappa shape index (κ3) is 3.64. The Bertz CT molecular complexity index is 1270. The Balaban J connectivity index is 1.62. The SMILES string of the molecule is Cc1ccccc1-c1ccc(OCc2c(C)cccc2-n2nnn(C)c2=O)cc1C. The fourth-order valence-corrected chi connectivity index (χ4v) is 3.60. The van der Waals surface area contributed by atoms with Crippen molar-refractivity contribution >= 4 is 0 Å². The summed E-state index contributed by atoms with van der Waals surface area (Å²) in [5.74, 6) is 0.783. The normalized spacial score (nSPS) is 10.9. The van der Waals surface area contributed by atoms with Crippen molar-refractivity contribution in [2.75, 3.05) is 0 Å². The van der Waals surface area contributed by atoms with Gasteiger partial charge in [-0.05, 0) is 77.2 Å². The smallest absolute Gasteiger partial charge is 0.368 e. The first-order valence-corrected chi connectivity index (χ1v) is 9.83. The van der Waals surface area contributed by atoms with Crippen LogP contribution in [0.15, 0.2) is 65.5 Å². The second-order valence-corrected chi connectivity index (χ2v) is 7.45. The molecule has 152 valence electrons. The van der Waals surface area contributed by atoms with E-state index in [1.165, 1.54) is 26.1 Å². The van der Waals surface area contributed by atoms with E-state index in [0.717, 1.165) is 22.4 Å². The molecule has 0 saturated carbocycles. The second kappa shape index (κ2) is 7.99. The van der Waals surface area contributed by atoms with Crippen molar-refractivity contribution in [3.05, 3.63) is 93.4 Å². The highest BCUT2D eigenvalue weighted by Crippen LogP contribution is 2.30. The molecule has 0 N–H and O–H groups in total. The van der Waals surface area contributed by atoms with E-state index in [1.54, 1.807) is 7.05 Å². The maximum atomic E-state index is 12.3. The van der Waals surface area contributed by atoms with Gasteiger partial charge in [-0.1, -0.05) is 42.5 Å². The molecule has 0 amide bonds. The molecule has 0 aliphatic heterocycles. The average molecular weight is 400 g/mol. The van der Waals surface area contributed by atoms with Crippen molar-refractivity contribution in [3.8, 4) is 22.6 Å². The second-order valence-electron chi connectivity index (χ2n) is 7.45. The predicted octanol–water partition coefficient (Wildman–Crippen LogP) is 4.14. The van der Waals surface area contributed by atoms with Gasteiger partial charge in [0, 0.05) is 12.6 Å². The molecule has 0 spiro atoms. The van der Waals surface area contributed by atoms with Gasteiger partial charge < -0.3 is 4.74 Å². The maximum absolute atomic E-state index is 12.3. The van der Waals surface area contributed by atoms with Crippen LogP contribution in [0.3, 0.4) is 0 Å². The molecule has 4 aromatic rings. The molecule has 0 aliphatic rings. The summed E-state index contributed by atoms with van der Waals surface area (Å²) < 4.78 is 8.63. The number of aromatic nitrogens is 4. The van der Waals surface area contributed by atoms with Crippen LogP contribution in [0.2, 0.25) is 0 Å². The monoisotopic (exact) mass is 400 g/mol. The van der Waals surface area contributed by atoms with E-state index in [2.05, 4.69) is 48.5 Å². The predicted molar refractivity (Wildman–Crippen MR) is 117 cm³/mol. The Morgan fingerprint density at radius 2 is 1.57 bits per heavy atom. The molecule has 3 aromatic carbocycles. The topological polar surface area (TPSA) is 61.9 Å². The van der Waals surface area contributed by atoms with Crippen LogP contribution in [0.5, 0.6) is 5.75 Å². The number of rotatable bonds is 5. The Labute approximate surface area is 175 Å². The zero-order chi connectivity index (χ0) is 21.3. The van der Waals surface area contributed by atoms with Gasteiger partial charge in [0.05, 0.1) is 5.69 Å². The third-order valence-electron chi connectivity index (χ3n) is 5.35. The molecule has 1 aromatic heterocycles. The highest BCUT2D eigenvalue weighted by Gasteiger charge is 2.14. The lowest BCUT2D eigenvalue weighted by atomic mass is 9.96. The summed E-state index contributed by atoms with van der Waals surface area (Å²) >= 11 is 0. The Morgan fingerprint density at radius 3 is 2.27 bits per heavy atom. The maximum Gasteiger partial charge on any atom is 0.368 e. The van der Waals surface area contributed by atoms with E-state index in [9.17, 15) is 4.79 Å². The number of benzene rings is 3. The van der Waals surface area contributed by atoms with Crippen molar-refractivity contribution in [2.24, 2.45) is 7.05 Å². The zero-order valence-electron chi connectivity index (χ0n) is 17.6. The lowest BCUT2D eigenvalue weighted by molar-refractivity contribution is 0.304. The quantitative estimate of drug-likeness (QED) is 0.505. The summed E-state index contributed by atoms with van der Waals surface area (Å²) in [6.45, 7) is 6.53. The number of tetrazole rings is 1. The van der Waals surface area contributed by atoms with E-state index in [4.69, 9.17) is 4.74 Å². The molecule has 6 heteroatoms. The molecule has 1 heterocycles. The Morgan fingerprint density at radius 1 is 0.833 bits per heavy atom. The summed E-state index contributed by atoms with van der Waals surface area (Å²) in [5.41, 5.74) is 7.14. The molecule has 0 saturated heterocycles. The Hall–Kier alpha value is -3.67. The number of hydrogen-bond acceptors (Lipinski definition) is 4. The van der Waals surface area contributed by atoms with Gasteiger partial charge in [-0.2, -0.15) is 9.36 Å². The van der Waals surface area contributed by atoms with Gasteiger partial charge in [-0.15, -0.1) is 0 Å². The lowest BCUT2D eigenvalue weighted by Crippen LogP contribution is -2.23. The van der Waals surface area contributed by atoms with Crippen LogP contribution >= 0.6 is 0 Å². The molecule has 4 rings (SSSR count). The molecular weight excluding hydrogens is 376 g/mol. The molecule has 6 nitrogen and oxygen atoms in total. The lowest BCUT2D eigenvalue weighted by Gasteiger charge is -2.15. The van der Waals surface area contributed by atoms with Gasteiger partial charge in [0.2, 0.25) is 0 Å². The summed E-state index contributed by atoms with van der Waals surface area (Å²) in [6.07, 6.45) is 0. The summed E-state index contributed by atoms with van der Waals surface area (Å²) in [7, 11) is 1.58. The van der Waals surface area contributed by atoms with Crippen molar-refractivity contribution < 1.29 is 4.74 Å². The number of nitrogens with zero attached hydrogens (tertiary/aromatic N) is 4. The fraction of sp³-hybridized carbons (Fsp3) is 0.208. The van der Waals surface area contributed by atoms with Gasteiger partial charge in [0.1, 0.15) is 12.4 Å². The molecular formula is C24H24N4O2. The van der Waals surface area contributed by atoms with Crippen molar-refractivity contribution in [2.45, 2.75) is 27.4 Å². The van der Waals surface area contributed by atoms with Gasteiger partial charge in [0.15, 0.2) is 0 Å². The van der Waals surface area contributed by atoms with Crippen LogP contribution in [0, 0.1) is 20.8 Å². The minimum absolute atomic E-state index is 0.291. The minimum Gasteiger partial charge on any atom is -0.489 e. The van der Waals surface area contributed by atoms with Crippen LogP contribution in [0.1, 0.15) is 22.3 Å². The summed E-state index contributed by atoms with van der Waals surface area (Å²) in [6, 6.07) is 20.2. The van der Waals surface area contributed by atoms with Crippen LogP contribution < -0.4 is 10.4 Å². The number of aryl methyl sites for hydroxylation is 4. The van der Waals surface area contributed by atoms with Gasteiger partial charge >= 0.3 is 5.69 Å². The number of ether oxygens (including phenoxy) is 1. The molecule has 0 fully saturated rings. The van der Waals surface area contributed by atoms with Crippen LogP contribution in [-0.4, -0.2) is 19.8 Å². The molecule has 30 heavy (non-hydrogen) atoms. The highest BCUT2D eigenvalue weighted by atomic mass is 16.5. The summed E-state index contributed by atoms with van der Waals surface area (Å²) in [4.78, 5) is 12.3. The largest absolute Gasteiger partial charge is 0.489 e. The molecule has 0 unspecified atom stereocenters. The molecule has 0 aliphatic carbocycles. The zero-order valence-corrected chi connectivity index (χ0v) is 17.6. The molecule has 0 atom stereocenters. The van der Waals surface area contributed by atoms with Crippen LogP contribution in [0.25, 0.3) is 16.8 Å². The summed E-state index contributed by atoms with van der Waals surface area (Å²) in [5, 5.41) is 7.79. The highest BCUT2D eigenvalue weighted by molar-refractivity contribution is 5.71. The van der Waals surface area contributed by atoms with Crippen molar-refractivity contribution in [3.63, 3.8) is 0 Å². The van der Waals surface area contributed by atoms with Gasteiger partial charge in [-0.3, -0.25) is 0 Å². The van der Waals surface area contributed by atoms with E-state index >= 15 is 0 Å².